The molecule has 6 aromatic rings. The third-order valence-electron chi connectivity index (χ3n) is 7.58. The predicted octanol–water partition coefficient (Wildman–Crippen LogP) is 4.42. The van der Waals surface area contributed by atoms with Crippen LogP contribution in [0.5, 0.6) is 0 Å². The number of carbonyl (C=O) groups is 4. The smallest absolute Gasteiger partial charge is 0.289 e. The van der Waals surface area contributed by atoms with Crippen LogP contribution < -0.4 is 21.3 Å². The molecule has 1 atom stereocenters. The number of carbonyl (C=O) groups excluding carboxylic acids is 4. The summed E-state index contributed by atoms with van der Waals surface area (Å²) in [5, 5.41) is 32.6. The largest absolute Gasteiger partial charge is 0.455 e. The molecule has 0 radical (unpaired) electrons. The highest BCUT2D eigenvalue weighted by molar-refractivity contribution is 7.13. The summed E-state index contributed by atoms with van der Waals surface area (Å²) in [5.74, 6) is -0.490. The molecule has 6 N–H and O–H groups in total. The molecular formula is C33H33N9O6S2. The summed E-state index contributed by atoms with van der Waals surface area (Å²) < 4.78 is 10.7. The molecular weight excluding hydrogens is 683 g/mol. The van der Waals surface area contributed by atoms with Crippen LogP contribution in [0.25, 0.3) is 21.1 Å². The summed E-state index contributed by atoms with van der Waals surface area (Å²) in [4.78, 5) is 51.4. The number of nitrogens with one attached hydrogen (secondary N) is 6. The molecule has 6 aromatic heterocycles. The quantitative estimate of drug-likeness (QED) is 0.0782. The Kier molecular flexibility index (Phi) is 10.9. The van der Waals surface area contributed by atoms with Gasteiger partial charge in [0.25, 0.3) is 23.6 Å². The van der Waals surface area contributed by atoms with Gasteiger partial charge in [-0.25, -0.2) is 0 Å². The van der Waals surface area contributed by atoms with E-state index in [1.807, 2.05) is 35.9 Å². The topological polar surface area (TPSA) is 213 Å². The molecule has 17 heteroatoms. The van der Waals surface area contributed by atoms with Gasteiger partial charge in [-0.1, -0.05) is 18.1 Å². The summed E-state index contributed by atoms with van der Waals surface area (Å²) >= 11 is 3.05. The lowest BCUT2D eigenvalue weighted by atomic mass is 10.0. The van der Waals surface area contributed by atoms with Crippen molar-refractivity contribution in [3.8, 4) is 21.1 Å². The Morgan fingerprint density at radius 2 is 1.36 bits per heavy atom. The van der Waals surface area contributed by atoms with Gasteiger partial charge in [-0.05, 0) is 65.6 Å². The van der Waals surface area contributed by atoms with E-state index >= 15 is 0 Å². The van der Waals surface area contributed by atoms with E-state index in [1.165, 1.54) is 23.6 Å². The van der Waals surface area contributed by atoms with Crippen molar-refractivity contribution in [2.45, 2.75) is 25.7 Å². The third kappa shape index (κ3) is 8.42. The zero-order valence-electron chi connectivity index (χ0n) is 26.8. The van der Waals surface area contributed by atoms with Gasteiger partial charge < -0.3 is 30.2 Å². The molecule has 50 heavy (non-hydrogen) atoms. The van der Waals surface area contributed by atoms with Crippen molar-refractivity contribution in [2.24, 2.45) is 0 Å². The second kappa shape index (κ2) is 16.1. The van der Waals surface area contributed by atoms with Crippen LogP contribution in [0.4, 0.5) is 0 Å². The zero-order valence-corrected chi connectivity index (χ0v) is 28.4. The number of nitrogens with zero attached hydrogens (tertiary/aromatic N) is 3. The number of rotatable bonds is 16. The minimum atomic E-state index is -0.366. The molecule has 0 saturated heterocycles. The molecule has 0 bridgehead atoms. The van der Waals surface area contributed by atoms with Crippen LogP contribution in [0, 0.1) is 0 Å². The number of thiophene rings is 2. The van der Waals surface area contributed by atoms with Gasteiger partial charge in [-0.2, -0.15) is 10.2 Å². The van der Waals surface area contributed by atoms with E-state index < -0.39 is 0 Å². The number of hydrogen-bond donors (Lipinski definition) is 6. The van der Waals surface area contributed by atoms with Crippen molar-refractivity contribution in [2.75, 3.05) is 26.2 Å². The lowest BCUT2D eigenvalue weighted by Crippen LogP contribution is -2.29. The van der Waals surface area contributed by atoms with Gasteiger partial charge in [0.1, 0.15) is 5.76 Å². The number of H-pyrrole nitrogens is 2. The van der Waals surface area contributed by atoms with Crippen molar-refractivity contribution >= 4 is 46.3 Å². The molecule has 4 amide bonds. The van der Waals surface area contributed by atoms with Crippen molar-refractivity contribution in [1.29, 1.82) is 0 Å². The Morgan fingerprint density at radius 1 is 0.740 bits per heavy atom. The lowest BCUT2D eigenvalue weighted by molar-refractivity contribution is 0.0909. The van der Waals surface area contributed by atoms with Crippen LogP contribution in [-0.4, -0.2) is 75.4 Å². The van der Waals surface area contributed by atoms with E-state index in [4.69, 9.17) is 8.94 Å². The molecule has 0 aliphatic heterocycles. The SMILES string of the molecule is CC(c1csc(-c2cc(C(=O)NCCCNC(=O)c3ccno3)n[nH]2)c1)c1ccc(C(=O)NCCCNC(=O)c2cc(-c3cccs3)[nH]n2)o1. The van der Waals surface area contributed by atoms with Crippen LogP contribution in [-0.2, 0) is 0 Å². The molecule has 0 fully saturated rings. The maximum Gasteiger partial charge on any atom is 0.289 e. The molecule has 0 aromatic carbocycles. The van der Waals surface area contributed by atoms with Crippen molar-refractivity contribution < 1.29 is 28.1 Å². The Labute approximate surface area is 293 Å². The third-order valence-corrected chi connectivity index (χ3v) is 9.47. The highest BCUT2D eigenvalue weighted by Crippen LogP contribution is 2.33. The summed E-state index contributed by atoms with van der Waals surface area (Å²) in [7, 11) is 0. The van der Waals surface area contributed by atoms with Gasteiger partial charge in [0.05, 0.1) is 27.3 Å². The van der Waals surface area contributed by atoms with Gasteiger partial charge in [-0.15, -0.1) is 22.7 Å². The van der Waals surface area contributed by atoms with Gasteiger partial charge in [0, 0.05) is 38.2 Å². The first kappa shape index (κ1) is 34.1. The second-order valence-electron chi connectivity index (χ2n) is 11.1. The predicted molar refractivity (Wildman–Crippen MR) is 185 cm³/mol. The molecule has 1 unspecified atom stereocenters. The minimum absolute atomic E-state index is 0.129. The Balaban J connectivity index is 0.911. The number of amides is 4. The molecule has 0 aliphatic carbocycles. The molecule has 0 saturated carbocycles. The normalized spacial score (nSPS) is 11.6. The van der Waals surface area contributed by atoms with Crippen molar-refractivity contribution in [3.05, 3.63) is 99.7 Å². The van der Waals surface area contributed by atoms with Gasteiger partial charge >= 0.3 is 0 Å². The first-order valence-electron chi connectivity index (χ1n) is 15.7. The van der Waals surface area contributed by atoms with Gasteiger partial charge in [0.2, 0.25) is 5.76 Å². The monoisotopic (exact) mass is 715 g/mol. The van der Waals surface area contributed by atoms with Crippen LogP contribution in [0.3, 0.4) is 0 Å². The van der Waals surface area contributed by atoms with Gasteiger partial charge in [-0.3, -0.25) is 29.4 Å². The summed E-state index contributed by atoms with van der Waals surface area (Å²) in [6.07, 6.45) is 2.45. The zero-order chi connectivity index (χ0) is 34.9. The van der Waals surface area contributed by atoms with E-state index in [9.17, 15) is 19.2 Å². The first-order chi connectivity index (χ1) is 24.4. The fourth-order valence-electron chi connectivity index (χ4n) is 4.82. The fourth-order valence-corrected chi connectivity index (χ4v) is 6.49. The van der Waals surface area contributed by atoms with Crippen LogP contribution in [0.15, 0.2) is 74.4 Å². The van der Waals surface area contributed by atoms with Crippen LogP contribution in [0.1, 0.15) is 79.1 Å². The average molecular weight is 716 g/mol. The Hall–Kier alpha value is -5.81. The lowest BCUT2D eigenvalue weighted by Gasteiger charge is -2.07. The molecule has 6 heterocycles. The fraction of sp³-hybridized carbons (Fsp3) is 0.242. The second-order valence-corrected chi connectivity index (χ2v) is 12.9. The summed E-state index contributed by atoms with van der Waals surface area (Å²) in [6, 6.07) is 14.2. The van der Waals surface area contributed by atoms with Crippen LogP contribution >= 0.6 is 22.7 Å². The molecule has 15 nitrogen and oxygen atoms in total. The van der Waals surface area contributed by atoms with Crippen LogP contribution in [0.2, 0.25) is 0 Å². The Morgan fingerprint density at radius 3 is 1.96 bits per heavy atom. The minimum Gasteiger partial charge on any atom is -0.455 e. The van der Waals surface area contributed by atoms with E-state index in [-0.39, 0.29) is 46.8 Å². The summed E-state index contributed by atoms with van der Waals surface area (Å²) in [5.41, 5.74) is 3.02. The molecule has 0 aliphatic rings. The number of hydrogen-bond acceptors (Lipinski definition) is 11. The van der Waals surface area contributed by atoms with Gasteiger partial charge in [0.15, 0.2) is 17.1 Å². The van der Waals surface area contributed by atoms with E-state index in [0.717, 1.165) is 21.0 Å². The van der Waals surface area contributed by atoms with E-state index in [2.05, 4.69) is 46.8 Å². The van der Waals surface area contributed by atoms with Crippen molar-refractivity contribution in [1.82, 2.24) is 46.8 Å². The maximum absolute atomic E-state index is 12.7. The number of aromatic nitrogens is 5. The number of furan rings is 1. The number of aromatic amines is 2. The van der Waals surface area contributed by atoms with E-state index in [1.54, 1.807) is 35.6 Å². The standard InChI is InChI=1S/C33H33N9O6S2/c1-19(20-15-29(50-18-20)22-17-24(42-40-22)31(44)35-10-4-12-37-33(46)27-8-13-38-48-27)25-6-7-26(47-25)32(45)36-11-3-9-34-30(43)23-16-21(39-41-23)28-5-2-14-49-28/h2,5-8,13-19H,3-4,9-12H2,1H3,(H,34,43)(H,35,44)(H,36,45)(H,37,46)(H,39,41)(H,40,42). The van der Waals surface area contributed by atoms with Crippen molar-refractivity contribution in [3.63, 3.8) is 0 Å². The molecule has 6 rings (SSSR count). The summed E-state index contributed by atoms with van der Waals surface area (Å²) in [6.45, 7) is 3.42. The molecule has 258 valence electrons. The first-order valence-corrected chi connectivity index (χ1v) is 17.5. The average Bonchev–Trinajstić information content (AvgIpc) is 3.96. The highest BCUT2D eigenvalue weighted by atomic mass is 32.1. The highest BCUT2D eigenvalue weighted by Gasteiger charge is 2.20. The maximum atomic E-state index is 12.7. The van der Waals surface area contributed by atoms with E-state index in [0.29, 0.717) is 56.2 Å². The molecule has 0 spiro atoms. The Bertz CT molecular complexity index is 2040.